The van der Waals surface area contributed by atoms with Gasteiger partial charge >= 0.3 is 11.4 Å². The SMILES string of the molecule is NNc1ncccc1Cn1cc([N+](=O)[O-])cnc1=O. The van der Waals surface area contributed by atoms with Gasteiger partial charge in [-0.1, -0.05) is 6.07 Å². The zero-order valence-corrected chi connectivity index (χ0v) is 9.68. The van der Waals surface area contributed by atoms with Gasteiger partial charge in [0.25, 0.3) is 0 Å². The maximum atomic E-state index is 11.6. The van der Waals surface area contributed by atoms with Crippen LogP contribution >= 0.6 is 0 Å². The van der Waals surface area contributed by atoms with Gasteiger partial charge in [-0.3, -0.25) is 14.7 Å². The number of pyridine rings is 1. The monoisotopic (exact) mass is 262 g/mol. The van der Waals surface area contributed by atoms with Crippen LogP contribution in [0.15, 0.2) is 35.5 Å². The van der Waals surface area contributed by atoms with Crippen LogP contribution in [0.4, 0.5) is 11.5 Å². The number of nitrogens with zero attached hydrogens (tertiary/aromatic N) is 4. The molecule has 2 rings (SSSR count). The minimum Gasteiger partial charge on any atom is -0.308 e. The third-order valence-corrected chi connectivity index (χ3v) is 2.42. The smallest absolute Gasteiger partial charge is 0.308 e. The first-order valence-corrected chi connectivity index (χ1v) is 5.23. The molecule has 0 spiro atoms. The number of nitrogens with one attached hydrogen (secondary N) is 1. The molecule has 2 aromatic heterocycles. The van der Waals surface area contributed by atoms with E-state index in [1.54, 1.807) is 12.1 Å². The Bertz CT molecular complexity index is 668. The first-order valence-electron chi connectivity index (χ1n) is 5.23. The van der Waals surface area contributed by atoms with Crippen LogP contribution in [0.3, 0.4) is 0 Å². The lowest BCUT2D eigenvalue weighted by Gasteiger charge is -2.08. The Morgan fingerprint density at radius 1 is 1.47 bits per heavy atom. The zero-order valence-electron chi connectivity index (χ0n) is 9.68. The lowest BCUT2D eigenvalue weighted by atomic mass is 10.2. The second-order valence-electron chi connectivity index (χ2n) is 3.64. The van der Waals surface area contributed by atoms with Gasteiger partial charge in [-0.05, 0) is 6.07 Å². The quantitative estimate of drug-likeness (QED) is 0.446. The first-order chi connectivity index (χ1) is 9.11. The summed E-state index contributed by atoms with van der Waals surface area (Å²) in [4.78, 5) is 29.0. The standard InChI is InChI=1S/C10H10N6O3/c11-14-9-7(2-1-3-12-9)5-15-6-8(16(18)19)4-13-10(15)17/h1-4,6H,5,11H2,(H,12,14). The van der Waals surface area contributed by atoms with Gasteiger partial charge in [0.05, 0.1) is 17.7 Å². The van der Waals surface area contributed by atoms with Crippen molar-refractivity contribution in [2.45, 2.75) is 6.54 Å². The summed E-state index contributed by atoms with van der Waals surface area (Å²) in [7, 11) is 0. The highest BCUT2D eigenvalue weighted by molar-refractivity contribution is 5.42. The van der Waals surface area contributed by atoms with E-state index in [-0.39, 0.29) is 12.2 Å². The average Bonchev–Trinajstić information content (AvgIpc) is 2.41. The van der Waals surface area contributed by atoms with Crippen LogP contribution in [0.2, 0.25) is 0 Å². The van der Waals surface area contributed by atoms with E-state index in [4.69, 9.17) is 5.84 Å². The summed E-state index contributed by atoms with van der Waals surface area (Å²) in [6.45, 7) is 0.0842. The topological polar surface area (TPSA) is 129 Å². The number of rotatable bonds is 4. The van der Waals surface area contributed by atoms with Gasteiger partial charge in [0.1, 0.15) is 12.0 Å². The van der Waals surface area contributed by atoms with Crippen molar-refractivity contribution in [2.24, 2.45) is 5.84 Å². The molecule has 0 saturated heterocycles. The molecule has 19 heavy (non-hydrogen) atoms. The van der Waals surface area contributed by atoms with Crippen LogP contribution in [-0.4, -0.2) is 19.5 Å². The fourth-order valence-electron chi connectivity index (χ4n) is 1.53. The number of nitrogen functional groups attached to an aromatic ring is 1. The molecule has 0 aliphatic heterocycles. The molecule has 0 saturated carbocycles. The minimum atomic E-state index is -0.617. The van der Waals surface area contributed by atoms with E-state index in [2.05, 4.69) is 15.4 Å². The minimum absolute atomic E-state index is 0.0842. The summed E-state index contributed by atoms with van der Waals surface area (Å²) in [5, 5.41) is 10.6. The number of hydrogen-bond donors (Lipinski definition) is 2. The summed E-state index contributed by atoms with van der Waals surface area (Å²) in [6.07, 6.45) is 3.58. The van der Waals surface area contributed by atoms with Gasteiger partial charge in [0.2, 0.25) is 0 Å². The molecule has 9 nitrogen and oxygen atoms in total. The third-order valence-electron chi connectivity index (χ3n) is 2.42. The second kappa shape index (κ2) is 5.23. The number of hydrogen-bond acceptors (Lipinski definition) is 7. The Morgan fingerprint density at radius 3 is 2.95 bits per heavy atom. The molecular weight excluding hydrogens is 252 g/mol. The molecule has 3 N–H and O–H groups in total. The van der Waals surface area contributed by atoms with Crippen molar-refractivity contribution in [1.29, 1.82) is 0 Å². The van der Waals surface area contributed by atoms with E-state index < -0.39 is 10.6 Å². The third kappa shape index (κ3) is 2.72. The van der Waals surface area contributed by atoms with E-state index in [0.29, 0.717) is 11.4 Å². The summed E-state index contributed by atoms with van der Waals surface area (Å²) in [5.41, 5.74) is 2.17. The summed E-state index contributed by atoms with van der Waals surface area (Å²) in [6, 6.07) is 3.37. The van der Waals surface area contributed by atoms with E-state index in [1.807, 2.05) is 0 Å². The van der Waals surface area contributed by atoms with Crippen molar-refractivity contribution in [3.8, 4) is 0 Å². The summed E-state index contributed by atoms with van der Waals surface area (Å²) < 4.78 is 1.12. The van der Waals surface area contributed by atoms with Gasteiger partial charge in [0.15, 0.2) is 0 Å². The lowest BCUT2D eigenvalue weighted by molar-refractivity contribution is -0.385. The van der Waals surface area contributed by atoms with Crippen LogP contribution in [-0.2, 0) is 6.54 Å². The van der Waals surface area contributed by atoms with Crippen molar-refractivity contribution in [1.82, 2.24) is 14.5 Å². The van der Waals surface area contributed by atoms with E-state index in [0.717, 1.165) is 17.0 Å². The predicted molar refractivity (Wildman–Crippen MR) is 66.3 cm³/mol. The van der Waals surface area contributed by atoms with E-state index in [1.165, 1.54) is 6.20 Å². The Morgan fingerprint density at radius 2 is 2.26 bits per heavy atom. The highest BCUT2D eigenvalue weighted by atomic mass is 16.6. The Labute approximate surface area is 106 Å². The van der Waals surface area contributed by atoms with Gasteiger partial charge in [-0.15, -0.1) is 0 Å². The number of aromatic nitrogens is 3. The fourth-order valence-corrected chi connectivity index (χ4v) is 1.53. The summed E-state index contributed by atoms with van der Waals surface area (Å²) in [5.74, 6) is 5.69. The van der Waals surface area contributed by atoms with Crippen LogP contribution in [0, 0.1) is 10.1 Å². The molecule has 98 valence electrons. The molecule has 0 atom stereocenters. The molecule has 0 fully saturated rings. The highest BCUT2D eigenvalue weighted by Crippen LogP contribution is 2.12. The summed E-state index contributed by atoms with van der Waals surface area (Å²) >= 11 is 0. The maximum absolute atomic E-state index is 11.6. The van der Waals surface area contributed by atoms with Crippen molar-refractivity contribution in [3.05, 3.63) is 56.9 Å². The van der Waals surface area contributed by atoms with Gasteiger partial charge in [-0.2, -0.15) is 4.98 Å². The van der Waals surface area contributed by atoms with Gasteiger partial charge < -0.3 is 5.43 Å². The second-order valence-corrected chi connectivity index (χ2v) is 3.64. The van der Waals surface area contributed by atoms with Crippen LogP contribution in [0.25, 0.3) is 0 Å². The van der Waals surface area contributed by atoms with Crippen molar-refractivity contribution in [2.75, 3.05) is 5.43 Å². The molecule has 2 aromatic rings. The lowest BCUT2D eigenvalue weighted by Crippen LogP contribution is -2.24. The number of anilines is 1. The largest absolute Gasteiger partial charge is 0.348 e. The molecular formula is C10H10N6O3. The fraction of sp³-hybridized carbons (Fsp3) is 0.100. The predicted octanol–water partition coefficient (Wildman–Crippen LogP) is -0.120. The normalized spacial score (nSPS) is 10.2. The molecule has 0 radical (unpaired) electrons. The molecule has 2 heterocycles. The van der Waals surface area contributed by atoms with Crippen molar-refractivity contribution in [3.63, 3.8) is 0 Å². The maximum Gasteiger partial charge on any atom is 0.348 e. The molecule has 9 heteroatoms. The van der Waals surface area contributed by atoms with Crippen molar-refractivity contribution < 1.29 is 4.92 Å². The van der Waals surface area contributed by atoms with Gasteiger partial charge in [-0.25, -0.2) is 15.6 Å². The Kier molecular flexibility index (Phi) is 3.48. The number of hydrazine groups is 1. The zero-order chi connectivity index (χ0) is 13.8. The molecule has 0 bridgehead atoms. The number of nitrogens with two attached hydrogens (primary N) is 1. The van der Waals surface area contributed by atoms with E-state index >= 15 is 0 Å². The van der Waals surface area contributed by atoms with Crippen LogP contribution in [0.5, 0.6) is 0 Å². The van der Waals surface area contributed by atoms with Crippen LogP contribution < -0.4 is 17.0 Å². The molecule has 0 unspecified atom stereocenters. The highest BCUT2D eigenvalue weighted by Gasteiger charge is 2.10. The van der Waals surface area contributed by atoms with Gasteiger partial charge in [0, 0.05) is 11.8 Å². The van der Waals surface area contributed by atoms with Crippen molar-refractivity contribution >= 4 is 11.5 Å². The number of nitro groups is 1. The average molecular weight is 262 g/mol. The molecule has 0 amide bonds. The molecule has 0 aliphatic rings. The first kappa shape index (κ1) is 12.6. The van der Waals surface area contributed by atoms with Crippen LogP contribution in [0.1, 0.15) is 5.56 Å². The molecule has 0 aromatic carbocycles. The van der Waals surface area contributed by atoms with E-state index in [9.17, 15) is 14.9 Å². The molecule has 0 aliphatic carbocycles. The Hall–Kier alpha value is -2.81. The Balaban J connectivity index is 2.40.